The predicted molar refractivity (Wildman–Crippen MR) is 132 cm³/mol. The Kier molecular flexibility index (Phi) is 7.40. The van der Waals surface area contributed by atoms with Gasteiger partial charge in [-0.05, 0) is 25.1 Å². The van der Waals surface area contributed by atoms with Gasteiger partial charge in [-0.25, -0.2) is 13.4 Å². The molecule has 0 saturated heterocycles. The number of aryl methyl sites for hydroxylation is 1. The van der Waals surface area contributed by atoms with Crippen LogP contribution in [0.5, 0.6) is 17.4 Å². The van der Waals surface area contributed by atoms with Gasteiger partial charge in [-0.15, -0.1) is 10.2 Å². The molecule has 3 aromatic heterocycles. The molecule has 0 fully saturated rings. The Morgan fingerprint density at radius 3 is 2.24 bits per heavy atom. The topological polar surface area (TPSA) is 156 Å². The highest BCUT2D eigenvalue weighted by molar-refractivity contribution is 7.91. The van der Waals surface area contributed by atoms with Crippen LogP contribution in [0.15, 0.2) is 42.9 Å². The third-order valence-corrected chi connectivity index (χ3v) is 7.85. The Hall–Kier alpha value is -4.04. The zero-order valence-electron chi connectivity index (χ0n) is 20.9. The van der Waals surface area contributed by atoms with E-state index < -0.39 is 26.9 Å². The Bertz CT molecular complexity index is 1460. The van der Waals surface area contributed by atoms with Gasteiger partial charge >= 0.3 is 0 Å². The van der Waals surface area contributed by atoms with Crippen molar-refractivity contribution in [1.29, 1.82) is 0 Å². The molecule has 196 valence electrons. The average Bonchev–Trinajstić information content (AvgIpc) is 3.52. The Labute approximate surface area is 213 Å². The van der Waals surface area contributed by atoms with Crippen LogP contribution in [0.25, 0.3) is 17.2 Å². The van der Waals surface area contributed by atoms with Crippen LogP contribution in [0.4, 0.5) is 0 Å². The molecule has 0 aliphatic carbocycles. The summed E-state index contributed by atoms with van der Waals surface area (Å²) in [6, 6.07) is 6.91. The zero-order chi connectivity index (χ0) is 26.7. The van der Waals surface area contributed by atoms with Crippen molar-refractivity contribution < 1.29 is 27.7 Å². The molecule has 1 aromatic carbocycles. The van der Waals surface area contributed by atoms with E-state index in [-0.39, 0.29) is 17.4 Å². The van der Waals surface area contributed by atoms with Gasteiger partial charge < -0.3 is 19.3 Å². The molecule has 0 bridgehead atoms. The van der Waals surface area contributed by atoms with Gasteiger partial charge in [0.25, 0.3) is 0 Å². The van der Waals surface area contributed by atoms with Crippen LogP contribution in [-0.2, 0) is 22.6 Å². The van der Waals surface area contributed by atoms with Crippen molar-refractivity contribution in [2.24, 2.45) is 7.05 Å². The van der Waals surface area contributed by atoms with Crippen molar-refractivity contribution in [2.45, 2.75) is 24.0 Å². The number of ether oxygens (including phenoxy) is 3. The molecule has 14 heteroatoms. The number of para-hydroxylation sites is 1. The third kappa shape index (κ3) is 5.11. The van der Waals surface area contributed by atoms with E-state index in [1.807, 2.05) is 0 Å². The minimum Gasteiger partial charge on any atom is -0.494 e. The summed E-state index contributed by atoms with van der Waals surface area (Å²) in [5, 5.41) is 22.4. The molecular formula is C23H27N7O6S. The fraction of sp³-hybridized carbons (Fsp3) is 0.348. The van der Waals surface area contributed by atoms with Crippen molar-refractivity contribution in [3.63, 3.8) is 0 Å². The molecule has 0 amide bonds. The third-order valence-electron chi connectivity index (χ3n) is 5.80. The molecule has 4 rings (SSSR count). The summed E-state index contributed by atoms with van der Waals surface area (Å²) >= 11 is 0. The Morgan fingerprint density at radius 1 is 1.00 bits per heavy atom. The second-order valence-electron chi connectivity index (χ2n) is 8.10. The molecule has 2 atom stereocenters. The lowest BCUT2D eigenvalue weighted by molar-refractivity contribution is 0.170. The molecule has 0 radical (unpaired) electrons. The summed E-state index contributed by atoms with van der Waals surface area (Å²) < 4.78 is 46.2. The molecule has 1 N–H and O–H groups in total. The first-order valence-corrected chi connectivity index (χ1v) is 12.8. The largest absolute Gasteiger partial charge is 0.494 e. The van der Waals surface area contributed by atoms with Crippen molar-refractivity contribution in [2.75, 3.05) is 21.3 Å². The molecule has 13 nitrogen and oxygen atoms in total. The van der Waals surface area contributed by atoms with Crippen LogP contribution in [0, 0.1) is 0 Å². The van der Waals surface area contributed by atoms with E-state index in [0.29, 0.717) is 28.7 Å². The summed E-state index contributed by atoms with van der Waals surface area (Å²) in [4.78, 5) is 8.06. The van der Waals surface area contributed by atoms with Crippen LogP contribution in [0.1, 0.15) is 24.5 Å². The van der Waals surface area contributed by atoms with Gasteiger partial charge in [-0.1, -0.05) is 6.07 Å². The standard InChI is InChI=1S/C23H27N7O6S/c1-14(22(31)16-11-25-20(36-5)12-24-16)37(32,33)13-19-26-27-23(15-9-10-29(2)28-15)30(19)21-17(34-3)7-6-8-18(21)35-4/h6-12,14,22,31H,13H2,1-5H3/t14-,22-/m0/s1. The smallest absolute Gasteiger partial charge is 0.231 e. The summed E-state index contributed by atoms with van der Waals surface area (Å²) in [5.41, 5.74) is 0.977. The first-order valence-electron chi connectivity index (χ1n) is 11.1. The number of aromatic nitrogens is 7. The van der Waals surface area contributed by atoms with Crippen molar-refractivity contribution in [1.82, 2.24) is 34.5 Å². The lowest BCUT2D eigenvalue weighted by Gasteiger charge is -2.20. The normalized spacial score (nSPS) is 13.2. The van der Waals surface area contributed by atoms with Crippen LogP contribution in [0.2, 0.25) is 0 Å². The maximum atomic E-state index is 13.5. The first kappa shape index (κ1) is 26.0. The minimum absolute atomic E-state index is 0.0864. The summed E-state index contributed by atoms with van der Waals surface area (Å²) in [7, 11) is 2.18. The lowest BCUT2D eigenvalue weighted by atomic mass is 10.2. The van der Waals surface area contributed by atoms with Crippen molar-refractivity contribution in [3.05, 3.63) is 54.4 Å². The zero-order valence-corrected chi connectivity index (χ0v) is 21.7. The SMILES string of the molecule is COc1cnc([C@@H](O)[C@H](C)S(=O)(=O)Cc2nnc(-c3ccn(C)n3)n2-c2c(OC)cccc2OC)cn1. The highest BCUT2D eigenvalue weighted by Gasteiger charge is 2.34. The molecule has 0 spiro atoms. The number of nitrogens with zero attached hydrogens (tertiary/aromatic N) is 7. The van der Waals surface area contributed by atoms with Gasteiger partial charge in [0, 0.05) is 13.2 Å². The van der Waals surface area contributed by atoms with Crippen molar-refractivity contribution >= 4 is 9.84 Å². The van der Waals surface area contributed by atoms with Crippen LogP contribution in [0.3, 0.4) is 0 Å². The molecule has 0 unspecified atom stereocenters. The number of sulfone groups is 1. The Balaban J connectivity index is 1.79. The maximum Gasteiger partial charge on any atom is 0.231 e. The van der Waals surface area contributed by atoms with E-state index in [1.165, 1.54) is 40.6 Å². The van der Waals surface area contributed by atoms with Crippen LogP contribution in [-0.4, -0.2) is 74.6 Å². The summed E-state index contributed by atoms with van der Waals surface area (Å²) in [6.45, 7) is 1.40. The van der Waals surface area contributed by atoms with Gasteiger partial charge in [0.1, 0.15) is 34.7 Å². The second-order valence-corrected chi connectivity index (χ2v) is 10.5. The van der Waals surface area contributed by atoms with Crippen molar-refractivity contribution in [3.8, 4) is 34.6 Å². The first-order chi connectivity index (χ1) is 17.7. The number of benzene rings is 1. The number of aliphatic hydroxyl groups is 1. The number of hydrogen-bond donors (Lipinski definition) is 1. The molecule has 37 heavy (non-hydrogen) atoms. The molecule has 0 saturated carbocycles. The highest BCUT2D eigenvalue weighted by atomic mass is 32.2. The lowest BCUT2D eigenvalue weighted by Crippen LogP contribution is -2.28. The van der Waals surface area contributed by atoms with Gasteiger partial charge in [-0.3, -0.25) is 14.2 Å². The number of aliphatic hydroxyl groups excluding tert-OH is 1. The minimum atomic E-state index is -3.99. The Morgan fingerprint density at radius 2 is 1.70 bits per heavy atom. The van der Waals surface area contributed by atoms with E-state index in [4.69, 9.17) is 14.2 Å². The highest BCUT2D eigenvalue weighted by Crippen LogP contribution is 2.36. The molecular weight excluding hydrogens is 502 g/mol. The second kappa shape index (κ2) is 10.5. The van der Waals surface area contributed by atoms with E-state index >= 15 is 0 Å². The van der Waals surface area contributed by atoms with Gasteiger partial charge in [-0.2, -0.15) is 5.10 Å². The maximum absolute atomic E-state index is 13.5. The molecule has 3 heterocycles. The van der Waals surface area contributed by atoms with Crippen LogP contribution >= 0.6 is 0 Å². The average molecular weight is 530 g/mol. The van der Waals surface area contributed by atoms with Gasteiger partial charge in [0.15, 0.2) is 21.5 Å². The fourth-order valence-corrected chi connectivity index (χ4v) is 5.07. The van der Waals surface area contributed by atoms with E-state index in [1.54, 1.807) is 46.8 Å². The van der Waals surface area contributed by atoms with Crippen LogP contribution < -0.4 is 14.2 Å². The van der Waals surface area contributed by atoms with Gasteiger partial charge in [0.05, 0.1) is 44.7 Å². The quantitative estimate of drug-likeness (QED) is 0.318. The fourth-order valence-electron chi connectivity index (χ4n) is 3.73. The van der Waals surface area contributed by atoms with Gasteiger partial charge in [0.2, 0.25) is 5.88 Å². The van der Waals surface area contributed by atoms with E-state index in [9.17, 15) is 13.5 Å². The number of methoxy groups -OCH3 is 3. The van der Waals surface area contributed by atoms with E-state index in [2.05, 4.69) is 25.3 Å². The summed E-state index contributed by atoms with van der Waals surface area (Å²) in [5.74, 6) is 0.905. The molecule has 0 aliphatic rings. The monoisotopic (exact) mass is 529 g/mol. The molecule has 4 aromatic rings. The number of hydrogen-bond acceptors (Lipinski definition) is 11. The number of rotatable bonds is 10. The molecule has 0 aliphatic heterocycles. The summed E-state index contributed by atoms with van der Waals surface area (Å²) in [6.07, 6.45) is 2.88. The van der Waals surface area contributed by atoms with E-state index in [0.717, 1.165) is 0 Å². The predicted octanol–water partition coefficient (Wildman–Crippen LogP) is 1.52.